The summed E-state index contributed by atoms with van der Waals surface area (Å²) in [6.07, 6.45) is 2.38. The van der Waals surface area contributed by atoms with E-state index in [0.29, 0.717) is 12.3 Å². The molecule has 1 heterocycles. The second kappa shape index (κ2) is 8.09. The van der Waals surface area contributed by atoms with Crippen LogP contribution in [0.4, 0.5) is 0 Å². The number of carbonyl (C=O) groups excluding carboxylic acids is 1. The molecule has 0 bridgehead atoms. The summed E-state index contributed by atoms with van der Waals surface area (Å²) in [7, 11) is 0. The molecule has 1 atom stereocenters. The van der Waals surface area contributed by atoms with Crippen molar-refractivity contribution >= 4 is 11.7 Å². The Morgan fingerprint density at radius 3 is 2.35 bits per heavy atom. The van der Waals surface area contributed by atoms with E-state index in [2.05, 4.69) is 23.9 Å². The highest BCUT2D eigenvalue weighted by atomic mass is 16.4. The number of oxime groups is 1. The van der Waals surface area contributed by atoms with Crippen LogP contribution in [0.5, 0.6) is 0 Å². The van der Waals surface area contributed by atoms with Crippen LogP contribution >= 0.6 is 0 Å². The number of piperazine rings is 1. The Bertz CT molecular complexity index is 336. The fraction of sp³-hybridized carbons (Fsp3) is 0.857. The van der Waals surface area contributed by atoms with Crippen molar-refractivity contribution < 1.29 is 10.0 Å². The molecular formula is C14H28N4O2. The number of amidine groups is 1. The molecule has 20 heavy (non-hydrogen) atoms. The minimum absolute atomic E-state index is 0.0343. The Hall–Kier alpha value is -1.30. The summed E-state index contributed by atoms with van der Waals surface area (Å²) < 4.78 is 0. The van der Waals surface area contributed by atoms with Crippen LogP contribution in [0.1, 0.15) is 40.0 Å². The lowest BCUT2D eigenvalue weighted by molar-refractivity contribution is -0.133. The summed E-state index contributed by atoms with van der Waals surface area (Å²) in [6, 6.07) is -0.0343. The molecule has 116 valence electrons. The lowest BCUT2D eigenvalue weighted by atomic mass is 10.1. The van der Waals surface area contributed by atoms with Crippen molar-refractivity contribution in [2.24, 2.45) is 16.8 Å². The van der Waals surface area contributed by atoms with Gasteiger partial charge in [0.2, 0.25) is 5.91 Å². The lowest BCUT2D eigenvalue weighted by Gasteiger charge is -2.38. The van der Waals surface area contributed by atoms with Gasteiger partial charge in [-0.3, -0.25) is 9.69 Å². The molecule has 0 radical (unpaired) electrons. The van der Waals surface area contributed by atoms with E-state index in [1.165, 1.54) is 0 Å². The Labute approximate surface area is 121 Å². The third-order valence-corrected chi connectivity index (χ3v) is 3.89. The predicted octanol–water partition coefficient (Wildman–Crippen LogP) is 1.09. The first-order valence-electron chi connectivity index (χ1n) is 7.48. The first kappa shape index (κ1) is 16.8. The summed E-state index contributed by atoms with van der Waals surface area (Å²) in [5.41, 5.74) is 5.71. The van der Waals surface area contributed by atoms with Crippen molar-refractivity contribution in [3.63, 3.8) is 0 Å². The zero-order valence-corrected chi connectivity index (χ0v) is 12.9. The van der Waals surface area contributed by atoms with Gasteiger partial charge in [0.25, 0.3) is 0 Å². The fourth-order valence-electron chi connectivity index (χ4n) is 2.57. The SMILES string of the molecule is CCC(C(N)=NO)N1CCN(C(=O)CCC(C)C)CC1. The summed E-state index contributed by atoms with van der Waals surface area (Å²) in [4.78, 5) is 16.2. The number of nitrogens with zero attached hydrogens (tertiary/aromatic N) is 3. The van der Waals surface area contributed by atoms with E-state index in [4.69, 9.17) is 10.9 Å². The van der Waals surface area contributed by atoms with Gasteiger partial charge < -0.3 is 15.8 Å². The number of nitrogens with two attached hydrogens (primary N) is 1. The van der Waals surface area contributed by atoms with Gasteiger partial charge in [0.05, 0.1) is 6.04 Å². The normalized spacial score (nSPS) is 19.4. The highest BCUT2D eigenvalue weighted by molar-refractivity contribution is 5.85. The van der Waals surface area contributed by atoms with E-state index in [9.17, 15) is 4.79 Å². The molecule has 1 rings (SSSR count). The molecule has 0 spiro atoms. The highest BCUT2D eigenvalue weighted by Gasteiger charge is 2.27. The molecule has 1 fully saturated rings. The maximum absolute atomic E-state index is 12.1. The van der Waals surface area contributed by atoms with Crippen molar-refractivity contribution in [2.45, 2.75) is 46.1 Å². The predicted molar refractivity (Wildman–Crippen MR) is 79.7 cm³/mol. The van der Waals surface area contributed by atoms with Gasteiger partial charge in [-0.2, -0.15) is 0 Å². The van der Waals surface area contributed by atoms with Gasteiger partial charge in [0.1, 0.15) is 0 Å². The van der Waals surface area contributed by atoms with Gasteiger partial charge in [-0.05, 0) is 18.8 Å². The van der Waals surface area contributed by atoms with E-state index in [1.54, 1.807) is 0 Å². The Kier molecular flexibility index (Phi) is 6.78. The third-order valence-electron chi connectivity index (χ3n) is 3.89. The maximum Gasteiger partial charge on any atom is 0.222 e. The van der Waals surface area contributed by atoms with Gasteiger partial charge in [-0.15, -0.1) is 0 Å². The van der Waals surface area contributed by atoms with Crippen molar-refractivity contribution in [1.82, 2.24) is 9.80 Å². The number of amides is 1. The summed E-state index contributed by atoms with van der Waals surface area (Å²) in [5.74, 6) is 1.06. The Balaban J connectivity index is 2.44. The van der Waals surface area contributed by atoms with Crippen LogP contribution < -0.4 is 5.73 Å². The Morgan fingerprint density at radius 2 is 1.90 bits per heavy atom. The molecule has 0 aromatic carbocycles. The van der Waals surface area contributed by atoms with E-state index < -0.39 is 0 Å². The van der Waals surface area contributed by atoms with E-state index in [0.717, 1.165) is 39.0 Å². The lowest BCUT2D eigenvalue weighted by Crippen LogP contribution is -2.55. The molecule has 0 aliphatic carbocycles. The monoisotopic (exact) mass is 284 g/mol. The molecule has 1 unspecified atom stereocenters. The molecule has 0 aromatic heterocycles. The molecule has 0 saturated carbocycles. The number of hydrogen-bond acceptors (Lipinski definition) is 4. The van der Waals surface area contributed by atoms with Gasteiger partial charge in [0.15, 0.2) is 5.84 Å². The largest absolute Gasteiger partial charge is 0.409 e. The molecule has 6 nitrogen and oxygen atoms in total. The first-order valence-corrected chi connectivity index (χ1v) is 7.48. The van der Waals surface area contributed by atoms with Crippen LogP contribution in [-0.4, -0.2) is 59.0 Å². The summed E-state index contributed by atoms with van der Waals surface area (Å²) in [6.45, 7) is 9.30. The van der Waals surface area contributed by atoms with Gasteiger partial charge in [-0.25, -0.2) is 0 Å². The van der Waals surface area contributed by atoms with Crippen LogP contribution in [0.3, 0.4) is 0 Å². The average Bonchev–Trinajstić information content (AvgIpc) is 2.45. The molecule has 1 aliphatic rings. The molecule has 3 N–H and O–H groups in total. The van der Waals surface area contributed by atoms with Crippen LogP contribution in [-0.2, 0) is 4.79 Å². The molecule has 6 heteroatoms. The Morgan fingerprint density at radius 1 is 1.30 bits per heavy atom. The molecule has 1 amide bonds. The second-order valence-corrected chi connectivity index (χ2v) is 5.80. The minimum Gasteiger partial charge on any atom is -0.409 e. The quantitative estimate of drug-likeness (QED) is 0.331. The van der Waals surface area contributed by atoms with Gasteiger partial charge in [0, 0.05) is 32.6 Å². The van der Waals surface area contributed by atoms with Gasteiger partial charge >= 0.3 is 0 Å². The smallest absolute Gasteiger partial charge is 0.222 e. The molecule has 0 aromatic rings. The van der Waals surface area contributed by atoms with Crippen molar-refractivity contribution in [1.29, 1.82) is 0 Å². The van der Waals surface area contributed by atoms with Crippen LogP contribution in [0.15, 0.2) is 5.16 Å². The number of rotatable bonds is 6. The van der Waals surface area contributed by atoms with E-state index in [1.807, 2.05) is 11.8 Å². The zero-order valence-electron chi connectivity index (χ0n) is 12.9. The van der Waals surface area contributed by atoms with E-state index in [-0.39, 0.29) is 17.8 Å². The zero-order chi connectivity index (χ0) is 15.1. The minimum atomic E-state index is -0.0343. The first-order chi connectivity index (χ1) is 9.49. The second-order valence-electron chi connectivity index (χ2n) is 5.80. The number of hydrogen-bond donors (Lipinski definition) is 2. The van der Waals surface area contributed by atoms with Crippen LogP contribution in [0, 0.1) is 5.92 Å². The fourth-order valence-corrected chi connectivity index (χ4v) is 2.57. The summed E-state index contributed by atoms with van der Waals surface area (Å²) >= 11 is 0. The van der Waals surface area contributed by atoms with Crippen molar-refractivity contribution in [3.05, 3.63) is 0 Å². The van der Waals surface area contributed by atoms with E-state index >= 15 is 0 Å². The topological polar surface area (TPSA) is 82.2 Å². The molecule has 1 aliphatic heterocycles. The van der Waals surface area contributed by atoms with Crippen LogP contribution in [0.2, 0.25) is 0 Å². The summed E-state index contributed by atoms with van der Waals surface area (Å²) in [5, 5.41) is 11.9. The van der Waals surface area contributed by atoms with Crippen molar-refractivity contribution in [2.75, 3.05) is 26.2 Å². The van der Waals surface area contributed by atoms with Crippen LogP contribution in [0.25, 0.3) is 0 Å². The standard InChI is InChI=1S/C14H28N4O2/c1-4-12(14(15)16-20)17-7-9-18(10-8-17)13(19)6-5-11(2)3/h11-12,20H,4-10H2,1-3H3,(H2,15,16). The molecule has 1 saturated heterocycles. The third kappa shape index (κ3) is 4.67. The average molecular weight is 284 g/mol. The molecular weight excluding hydrogens is 256 g/mol. The van der Waals surface area contributed by atoms with Gasteiger partial charge in [-0.1, -0.05) is 25.9 Å². The maximum atomic E-state index is 12.1. The number of carbonyl (C=O) groups is 1. The van der Waals surface area contributed by atoms with Crippen molar-refractivity contribution in [3.8, 4) is 0 Å². The highest BCUT2D eigenvalue weighted by Crippen LogP contribution is 2.12.